The second kappa shape index (κ2) is 12.1. The van der Waals surface area contributed by atoms with Crippen molar-refractivity contribution in [3.8, 4) is 0 Å². The highest BCUT2D eigenvalue weighted by molar-refractivity contribution is 5.95. The van der Waals surface area contributed by atoms with Crippen molar-refractivity contribution in [1.82, 2.24) is 5.32 Å². The van der Waals surface area contributed by atoms with Crippen molar-refractivity contribution >= 4 is 35.6 Å². The van der Waals surface area contributed by atoms with Gasteiger partial charge in [0.15, 0.2) is 0 Å². The smallest absolute Gasteiger partial charge is 0.231 e. The molecule has 2 rings (SSSR count). The van der Waals surface area contributed by atoms with Crippen molar-refractivity contribution in [1.29, 1.82) is 0 Å². The van der Waals surface area contributed by atoms with E-state index in [-0.39, 0.29) is 24.2 Å². The fraction of sp³-hybridized carbons (Fsp3) is 0.333. The van der Waals surface area contributed by atoms with Gasteiger partial charge in [0, 0.05) is 24.3 Å². The highest BCUT2D eigenvalue weighted by Crippen LogP contribution is 2.16. The first kappa shape index (κ1) is 22.7. The maximum Gasteiger partial charge on any atom is 0.231 e. The summed E-state index contributed by atoms with van der Waals surface area (Å²) in [6.07, 6.45) is 1.63. The predicted molar refractivity (Wildman–Crippen MR) is 114 cm³/mol. The Balaban J connectivity index is 0.00000364. The van der Waals surface area contributed by atoms with Crippen LogP contribution in [0.25, 0.3) is 0 Å². The number of nitrogens with one attached hydrogen (secondary N) is 2. The number of amides is 2. The van der Waals surface area contributed by atoms with Crippen LogP contribution >= 0.6 is 12.4 Å². The monoisotopic (exact) mass is 389 g/mol. The quantitative estimate of drug-likeness (QED) is 0.643. The molecule has 27 heavy (non-hydrogen) atoms. The molecule has 2 N–H and O–H groups in total. The van der Waals surface area contributed by atoms with E-state index in [1.165, 1.54) is 0 Å². The number of para-hydroxylation sites is 1. The molecular weight excluding hydrogens is 362 g/mol. The normalized spacial score (nSPS) is 10.0. The van der Waals surface area contributed by atoms with Crippen LogP contribution < -0.4 is 15.5 Å². The molecule has 146 valence electrons. The molecule has 0 saturated carbocycles. The van der Waals surface area contributed by atoms with Gasteiger partial charge in [-0.2, -0.15) is 0 Å². The minimum absolute atomic E-state index is 0. The molecule has 0 saturated heterocycles. The summed E-state index contributed by atoms with van der Waals surface area (Å²) in [5.74, 6) is 0.0628. The summed E-state index contributed by atoms with van der Waals surface area (Å²) in [5.41, 5.74) is 2.59. The maximum absolute atomic E-state index is 12.6. The minimum Gasteiger partial charge on any atom is -0.326 e. The van der Waals surface area contributed by atoms with Crippen molar-refractivity contribution in [2.75, 3.05) is 30.4 Å². The number of halogens is 1. The molecule has 0 aliphatic heterocycles. The van der Waals surface area contributed by atoms with Crippen LogP contribution in [-0.4, -0.2) is 32.0 Å². The number of hydrogen-bond donors (Lipinski definition) is 2. The van der Waals surface area contributed by atoms with Gasteiger partial charge in [-0.15, -0.1) is 12.4 Å². The molecule has 0 radical (unpaired) electrons. The highest BCUT2D eigenvalue weighted by Gasteiger charge is 2.14. The lowest BCUT2D eigenvalue weighted by Crippen LogP contribution is -2.31. The molecule has 0 aliphatic carbocycles. The zero-order chi connectivity index (χ0) is 18.8. The Morgan fingerprint density at radius 2 is 1.67 bits per heavy atom. The van der Waals surface area contributed by atoms with Gasteiger partial charge in [0.05, 0.1) is 6.42 Å². The molecule has 0 atom stereocenters. The van der Waals surface area contributed by atoms with Crippen LogP contribution in [0.4, 0.5) is 11.4 Å². The van der Waals surface area contributed by atoms with E-state index in [1.807, 2.05) is 68.6 Å². The second-order valence-electron chi connectivity index (χ2n) is 6.10. The Kier molecular flexibility index (Phi) is 10.2. The average molecular weight is 390 g/mol. The van der Waals surface area contributed by atoms with Crippen molar-refractivity contribution in [2.24, 2.45) is 0 Å². The zero-order valence-corrected chi connectivity index (χ0v) is 16.7. The number of nitrogens with zero attached hydrogens (tertiary/aromatic N) is 1. The molecule has 2 amide bonds. The lowest BCUT2D eigenvalue weighted by molar-refractivity contribution is -0.118. The summed E-state index contributed by atoms with van der Waals surface area (Å²) in [6, 6.07) is 17.1. The number of benzene rings is 2. The number of rotatable bonds is 9. The van der Waals surface area contributed by atoms with Crippen LogP contribution in [0.3, 0.4) is 0 Å². The van der Waals surface area contributed by atoms with Gasteiger partial charge in [0.25, 0.3) is 0 Å². The van der Waals surface area contributed by atoms with E-state index in [0.29, 0.717) is 19.4 Å². The number of likely N-dealkylation sites (N-methyl/N-ethyl adjacent to an activating group) is 1. The van der Waals surface area contributed by atoms with Crippen molar-refractivity contribution in [3.05, 3.63) is 60.2 Å². The standard InChI is InChI=1S/C21H27N3O2.ClH/c1-3-24(19-8-5-4-6-9-19)21(26)16-17-11-13-18(14-12-17)23-20(25)10-7-15-22-2;/h4-6,8-9,11-14,22H,3,7,10,15-16H2,1-2H3,(H,23,25);1H. The second-order valence-corrected chi connectivity index (χ2v) is 6.10. The Labute approximate surface area is 167 Å². The Morgan fingerprint density at radius 3 is 2.26 bits per heavy atom. The van der Waals surface area contributed by atoms with Crippen LogP contribution in [0.2, 0.25) is 0 Å². The van der Waals surface area contributed by atoms with Crippen LogP contribution in [0.5, 0.6) is 0 Å². The first-order valence-electron chi connectivity index (χ1n) is 9.03. The molecule has 0 fully saturated rings. The predicted octanol–water partition coefficient (Wildman–Crippen LogP) is 3.64. The van der Waals surface area contributed by atoms with Gasteiger partial charge in [-0.25, -0.2) is 0 Å². The summed E-state index contributed by atoms with van der Waals surface area (Å²) in [6.45, 7) is 3.42. The molecule has 0 aliphatic rings. The van der Waals surface area contributed by atoms with Crippen molar-refractivity contribution in [2.45, 2.75) is 26.2 Å². The van der Waals surface area contributed by atoms with E-state index in [4.69, 9.17) is 0 Å². The van der Waals surface area contributed by atoms with Gasteiger partial charge < -0.3 is 15.5 Å². The minimum atomic E-state index is 0. The molecule has 0 bridgehead atoms. The average Bonchev–Trinajstić information content (AvgIpc) is 2.65. The Bertz CT molecular complexity index is 705. The van der Waals surface area contributed by atoms with E-state index < -0.39 is 0 Å². The van der Waals surface area contributed by atoms with E-state index in [1.54, 1.807) is 4.90 Å². The van der Waals surface area contributed by atoms with Crippen LogP contribution in [0.1, 0.15) is 25.3 Å². The summed E-state index contributed by atoms with van der Waals surface area (Å²) >= 11 is 0. The summed E-state index contributed by atoms with van der Waals surface area (Å²) in [4.78, 5) is 26.2. The first-order valence-corrected chi connectivity index (χ1v) is 9.03. The number of hydrogen-bond acceptors (Lipinski definition) is 3. The van der Waals surface area contributed by atoms with Gasteiger partial charge >= 0.3 is 0 Å². The fourth-order valence-electron chi connectivity index (χ4n) is 2.74. The summed E-state index contributed by atoms with van der Waals surface area (Å²) < 4.78 is 0. The molecule has 0 aromatic heterocycles. The topological polar surface area (TPSA) is 61.4 Å². The lowest BCUT2D eigenvalue weighted by atomic mass is 10.1. The van der Waals surface area contributed by atoms with Crippen LogP contribution in [0, 0.1) is 0 Å². The summed E-state index contributed by atoms with van der Waals surface area (Å²) in [5, 5.41) is 5.90. The van der Waals surface area contributed by atoms with Gasteiger partial charge in [-0.05, 0) is 56.8 Å². The van der Waals surface area contributed by atoms with Gasteiger partial charge in [-0.3, -0.25) is 9.59 Å². The summed E-state index contributed by atoms with van der Waals surface area (Å²) in [7, 11) is 1.87. The maximum atomic E-state index is 12.6. The van der Waals surface area contributed by atoms with Gasteiger partial charge in [0.1, 0.15) is 0 Å². The number of carbonyl (C=O) groups is 2. The van der Waals surface area contributed by atoms with Gasteiger partial charge in [-0.1, -0.05) is 30.3 Å². The molecular formula is C21H28ClN3O2. The van der Waals surface area contributed by atoms with Gasteiger partial charge in [0.2, 0.25) is 11.8 Å². The Morgan fingerprint density at radius 1 is 1.00 bits per heavy atom. The Hall–Kier alpha value is -2.37. The third-order valence-corrected chi connectivity index (χ3v) is 4.11. The molecule has 0 unspecified atom stereocenters. The largest absolute Gasteiger partial charge is 0.326 e. The molecule has 2 aromatic rings. The molecule has 5 nitrogen and oxygen atoms in total. The van der Waals surface area contributed by atoms with Crippen molar-refractivity contribution < 1.29 is 9.59 Å². The molecule has 0 heterocycles. The van der Waals surface area contributed by atoms with Crippen LogP contribution in [-0.2, 0) is 16.0 Å². The first-order chi connectivity index (χ1) is 12.6. The highest BCUT2D eigenvalue weighted by atomic mass is 35.5. The van der Waals surface area contributed by atoms with E-state index in [2.05, 4.69) is 10.6 Å². The number of anilines is 2. The number of carbonyl (C=O) groups excluding carboxylic acids is 2. The van der Waals surface area contributed by atoms with Crippen molar-refractivity contribution in [3.63, 3.8) is 0 Å². The zero-order valence-electron chi connectivity index (χ0n) is 15.9. The van der Waals surface area contributed by atoms with E-state index in [0.717, 1.165) is 29.9 Å². The SMILES string of the molecule is CCN(C(=O)Cc1ccc(NC(=O)CCCNC)cc1)c1ccccc1.Cl. The van der Waals surface area contributed by atoms with E-state index >= 15 is 0 Å². The molecule has 6 heteroatoms. The molecule has 2 aromatic carbocycles. The fourth-order valence-corrected chi connectivity index (χ4v) is 2.74. The van der Waals surface area contributed by atoms with E-state index in [9.17, 15) is 9.59 Å². The third-order valence-electron chi connectivity index (χ3n) is 4.11. The third kappa shape index (κ3) is 7.41. The van der Waals surface area contributed by atoms with Crippen LogP contribution in [0.15, 0.2) is 54.6 Å². The lowest BCUT2D eigenvalue weighted by Gasteiger charge is -2.21. The molecule has 0 spiro atoms.